The average Bonchev–Trinajstić information content (AvgIpc) is 2.74. The quantitative estimate of drug-likeness (QED) is 0.893. The van der Waals surface area contributed by atoms with E-state index in [0.29, 0.717) is 0 Å². The van der Waals surface area contributed by atoms with Gasteiger partial charge in [0, 0.05) is 16.8 Å². The summed E-state index contributed by atoms with van der Waals surface area (Å²) in [6.07, 6.45) is 0. The molecule has 0 radical (unpaired) electrons. The first-order chi connectivity index (χ1) is 8.66. The van der Waals surface area contributed by atoms with Crippen LogP contribution in [0.15, 0.2) is 12.1 Å². The van der Waals surface area contributed by atoms with Gasteiger partial charge < -0.3 is 15.3 Å². The van der Waals surface area contributed by atoms with Crippen LogP contribution in [0.3, 0.4) is 0 Å². The van der Waals surface area contributed by atoms with Crippen LogP contribution in [0.2, 0.25) is 0 Å². The monoisotopic (exact) mass is 284 g/mol. The molecule has 0 saturated carbocycles. The number of thiophene rings is 1. The average molecular weight is 284 g/mol. The maximum Gasteiger partial charge on any atom is 0.329 e. The highest BCUT2D eigenvalue weighted by atomic mass is 32.1. The van der Waals surface area contributed by atoms with E-state index in [4.69, 9.17) is 5.11 Å². The summed E-state index contributed by atoms with van der Waals surface area (Å²) in [5, 5.41) is 11.9. The summed E-state index contributed by atoms with van der Waals surface area (Å²) >= 11 is 1.61. The predicted octanol–water partition coefficient (Wildman–Crippen LogP) is 2.62. The molecule has 0 spiro atoms. The molecule has 1 unspecified atom stereocenters. The van der Waals surface area contributed by atoms with Gasteiger partial charge in [-0.1, -0.05) is 0 Å². The zero-order valence-electron chi connectivity index (χ0n) is 11.9. The molecular weight excluding hydrogens is 264 g/mol. The van der Waals surface area contributed by atoms with Crippen molar-refractivity contribution in [1.29, 1.82) is 0 Å². The SMILES string of the molecule is Cc1ccc(C(C)NC(=O)N(C)C(C)(C)C(=O)O)s1. The number of likely N-dealkylation sites (N-methyl/N-ethyl adjacent to an activating group) is 1. The van der Waals surface area contributed by atoms with Gasteiger partial charge in [0.05, 0.1) is 6.04 Å². The van der Waals surface area contributed by atoms with Gasteiger partial charge in [0.1, 0.15) is 5.54 Å². The molecular formula is C13H20N2O3S. The van der Waals surface area contributed by atoms with Crippen LogP contribution in [0.25, 0.3) is 0 Å². The van der Waals surface area contributed by atoms with Crippen LogP contribution < -0.4 is 5.32 Å². The van der Waals surface area contributed by atoms with E-state index < -0.39 is 17.5 Å². The van der Waals surface area contributed by atoms with Gasteiger partial charge in [-0.15, -0.1) is 11.3 Å². The second-order valence-electron chi connectivity index (χ2n) is 5.04. The Bertz CT molecular complexity index is 482. The van der Waals surface area contributed by atoms with Crippen molar-refractivity contribution in [1.82, 2.24) is 10.2 Å². The standard InChI is InChI=1S/C13H20N2O3S/c1-8-6-7-10(19-8)9(2)14-12(18)15(5)13(3,4)11(16)17/h6-7,9H,1-5H3,(H,14,18)(H,16,17). The van der Waals surface area contributed by atoms with Crippen molar-refractivity contribution in [2.24, 2.45) is 0 Å². The van der Waals surface area contributed by atoms with Gasteiger partial charge >= 0.3 is 12.0 Å². The molecule has 1 rings (SSSR count). The zero-order chi connectivity index (χ0) is 14.8. The van der Waals surface area contributed by atoms with Crippen molar-refractivity contribution >= 4 is 23.3 Å². The van der Waals surface area contributed by atoms with E-state index in [0.717, 1.165) is 4.88 Å². The lowest BCUT2D eigenvalue weighted by Crippen LogP contribution is -2.54. The topological polar surface area (TPSA) is 69.6 Å². The number of carboxylic acid groups (broad SMARTS) is 1. The summed E-state index contributed by atoms with van der Waals surface area (Å²) in [5.74, 6) is -1.04. The molecule has 0 aliphatic heterocycles. The Morgan fingerprint density at radius 2 is 2.00 bits per heavy atom. The van der Waals surface area contributed by atoms with E-state index in [-0.39, 0.29) is 6.04 Å². The maximum absolute atomic E-state index is 12.0. The minimum atomic E-state index is -1.24. The number of carbonyl (C=O) groups excluding carboxylic acids is 1. The normalized spacial score (nSPS) is 12.9. The molecule has 0 aromatic carbocycles. The second-order valence-corrected chi connectivity index (χ2v) is 6.36. The summed E-state index contributed by atoms with van der Waals surface area (Å²) in [7, 11) is 1.48. The van der Waals surface area contributed by atoms with Crippen LogP contribution in [0.4, 0.5) is 4.79 Å². The van der Waals surface area contributed by atoms with Crippen molar-refractivity contribution < 1.29 is 14.7 Å². The molecule has 2 N–H and O–H groups in total. The summed E-state index contributed by atoms with van der Waals surface area (Å²) in [5.41, 5.74) is -1.24. The highest BCUT2D eigenvalue weighted by Crippen LogP contribution is 2.23. The molecule has 0 aliphatic carbocycles. The highest BCUT2D eigenvalue weighted by molar-refractivity contribution is 7.12. The number of nitrogens with one attached hydrogen (secondary N) is 1. The molecule has 1 heterocycles. The number of carbonyl (C=O) groups is 2. The largest absolute Gasteiger partial charge is 0.480 e. The number of amides is 2. The fourth-order valence-corrected chi connectivity index (χ4v) is 2.32. The molecule has 1 aromatic heterocycles. The Morgan fingerprint density at radius 1 is 1.42 bits per heavy atom. The Hall–Kier alpha value is -1.56. The molecule has 0 bridgehead atoms. The van der Waals surface area contributed by atoms with Gasteiger partial charge in [0.2, 0.25) is 0 Å². The fourth-order valence-electron chi connectivity index (χ4n) is 1.44. The molecule has 6 heteroatoms. The lowest BCUT2D eigenvalue weighted by Gasteiger charge is -2.32. The summed E-state index contributed by atoms with van der Waals surface area (Å²) < 4.78 is 0. The number of urea groups is 1. The van der Waals surface area contributed by atoms with Crippen molar-refractivity contribution in [2.45, 2.75) is 39.3 Å². The van der Waals surface area contributed by atoms with Crippen LogP contribution >= 0.6 is 11.3 Å². The van der Waals surface area contributed by atoms with Gasteiger partial charge in [-0.25, -0.2) is 9.59 Å². The Kier molecular flexibility index (Phi) is 4.57. The predicted molar refractivity (Wildman–Crippen MR) is 75.5 cm³/mol. The molecule has 106 valence electrons. The molecule has 0 aliphatic rings. The molecule has 1 aromatic rings. The molecule has 19 heavy (non-hydrogen) atoms. The van der Waals surface area contributed by atoms with E-state index in [1.165, 1.54) is 30.7 Å². The van der Waals surface area contributed by atoms with Crippen LogP contribution in [-0.4, -0.2) is 34.6 Å². The number of nitrogens with zero attached hydrogens (tertiary/aromatic N) is 1. The van der Waals surface area contributed by atoms with Crippen molar-refractivity contribution in [3.63, 3.8) is 0 Å². The number of hydrogen-bond donors (Lipinski definition) is 2. The van der Waals surface area contributed by atoms with Crippen LogP contribution in [0.5, 0.6) is 0 Å². The lowest BCUT2D eigenvalue weighted by atomic mass is 10.0. The second kappa shape index (κ2) is 5.61. The smallest absolute Gasteiger partial charge is 0.329 e. The molecule has 5 nitrogen and oxygen atoms in total. The van der Waals surface area contributed by atoms with E-state index >= 15 is 0 Å². The molecule has 0 fully saturated rings. The minimum absolute atomic E-state index is 0.141. The van der Waals surface area contributed by atoms with E-state index in [2.05, 4.69) is 5.32 Å². The fraction of sp³-hybridized carbons (Fsp3) is 0.538. The Labute approximate surface area is 117 Å². The van der Waals surface area contributed by atoms with Gasteiger partial charge in [-0.2, -0.15) is 0 Å². The third kappa shape index (κ3) is 3.47. The van der Waals surface area contributed by atoms with E-state index in [9.17, 15) is 9.59 Å². The highest BCUT2D eigenvalue weighted by Gasteiger charge is 2.35. The Morgan fingerprint density at radius 3 is 2.42 bits per heavy atom. The first kappa shape index (κ1) is 15.5. The van der Waals surface area contributed by atoms with Gasteiger partial charge in [-0.3, -0.25) is 0 Å². The summed E-state index contributed by atoms with van der Waals surface area (Å²) in [6.45, 7) is 6.87. The number of carboxylic acids is 1. The molecule has 2 amide bonds. The third-order valence-electron chi connectivity index (χ3n) is 3.19. The first-order valence-electron chi connectivity index (χ1n) is 6.00. The van der Waals surface area contributed by atoms with Crippen LogP contribution in [-0.2, 0) is 4.79 Å². The van der Waals surface area contributed by atoms with E-state index in [1.54, 1.807) is 11.3 Å². The van der Waals surface area contributed by atoms with Crippen molar-refractivity contribution in [3.05, 3.63) is 21.9 Å². The first-order valence-corrected chi connectivity index (χ1v) is 6.82. The molecule has 0 saturated heterocycles. The summed E-state index contributed by atoms with van der Waals surface area (Å²) in [4.78, 5) is 26.6. The maximum atomic E-state index is 12.0. The summed E-state index contributed by atoms with van der Waals surface area (Å²) in [6, 6.07) is 3.42. The van der Waals surface area contributed by atoms with Crippen LogP contribution in [0.1, 0.15) is 36.6 Å². The number of hydrogen-bond acceptors (Lipinski definition) is 3. The van der Waals surface area contributed by atoms with E-state index in [1.807, 2.05) is 26.0 Å². The van der Waals surface area contributed by atoms with Crippen LogP contribution in [0, 0.1) is 6.92 Å². The lowest BCUT2D eigenvalue weighted by molar-refractivity contribution is -0.146. The number of aryl methyl sites for hydroxylation is 1. The van der Waals surface area contributed by atoms with Gasteiger partial charge in [-0.05, 0) is 39.8 Å². The minimum Gasteiger partial charge on any atom is -0.480 e. The van der Waals surface area contributed by atoms with Gasteiger partial charge in [0.25, 0.3) is 0 Å². The van der Waals surface area contributed by atoms with Gasteiger partial charge in [0.15, 0.2) is 0 Å². The zero-order valence-corrected chi connectivity index (χ0v) is 12.7. The Balaban J connectivity index is 2.72. The molecule has 1 atom stereocenters. The number of aliphatic carboxylic acids is 1. The third-order valence-corrected chi connectivity index (χ3v) is 4.38. The van der Waals surface area contributed by atoms with Crippen molar-refractivity contribution in [3.8, 4) is 0 Å². The number of rotatable bonds is 4. The van der Waals surface area contributed by atoms with Crippen molar-refractivity contribution in [2.75, 3.05) is 7.05 Å².